The molecule has 0 spiro atoms. The zero-order valence-corrected chi connectivity index (χ0v) is 12.1. The molecule has 0 bridgehead atoms. The van der Waals surface area contributed by atoms with Crippen molar-refractivity contribution >= 4 is 23.0 Å². The highest BCUT2D eigenvalue weighted by molar-refractivity contribution is 6.01. The lowest BCUT2D eigenvalue weighted by Crippen LogP contribution is -2.33. The van der Waals surface area contributed by atoms with Gasteiger partial charge in [-0.2, -0.15) is 0 Å². The van der Waals surface area contributed by atoms with Gasteiger partial charge in [0, 0.05) is 18.3 Å². The Morgan fingerprint density at radius 1 is 1.22 bits per heavy atom. The molecule has 0 radical (unpaired) electrons. The van der Waals surface area contributed by atoms with Gasteiger partial charge >= 0.3 is 0 Å². The average molecular weight is 315 g/mol. The zero-order chi connectivity index (χ0) is 16.4. The van der Waals surface area contributed by atoms with Gasteiger partial charge in [-0.1, -0.05) is 18.2 Å². The summed E-state index contributed by atoms with van der Waals surface area (Å²) in [5.41, 5.74) is 0.562. The minimum atomic E-state index is -0.745. The summed E-state index contributed by atoms with van der Waals surface area (Å²) in [6.45, 7) is 0.537. The van der Waals surface area contributed by atoms with Gasteiger partial charge in [-0.15, -0.1) is 0 Å². The van der Waals surface area contributed by atoms with Crippen LogP contribution in [0.15, 0.2) is 48.5 Å². The Morgan fingerprint density at radius 3 is 2.61 bits per heavy atom. The number of anilines is 2. The van der Waals surface area contributed by atoms with Gasteiger partial charge in [-0.3, -0.25) is 14.9 Å². The van der Waals surface area contributed by atoms with Gasteiger partial charge in [0.25, 0.3) is 5.69 Å². The third-order valence-corrected chi connectivity index (χ3v) is 3.77. The van der Waals surface area contributed by atoms with Crippen molar-refractivity contribution in [3.8, 4) is 0 Å². The lowest BCUT2D eigenvalue weighted by molar-refractivity contribution is -0.385. The van der Waals surface area contributed by atoms with Crippen molar-refractivity contribution in [3.63, 3.8) is 0 Å². The number of carbonyl (C=O) groups excluding carboxylic acids is 1. The van der Waals surface area contributed by atoms with Crippen LogP contribution < -0.4 is 10.2 Å². The van der Waals surface area contributed by atoms with E-state index in [-0.39, 0.29) is 17.3 Å². The van der Waals surface area contributed by atoms with Crippen molar-refractivity contribution in [2.24, 2.45) is 0 Å². The first-order valence-electron chi connectivity index (χ1n) is 7.13. The molecule has 0 aromatic heterocycles. The van der Waals surface area contributed by atoms with Crippen LogP contribution >= 0.6 is 0 Å². The highest BCUT2D eigenvalue weighted by atomic mass is 19.1. The number of halogens is 1. The SMILES string of the molecule is O=C1C(Nc2ccc([N+](=O)[O-])cc2F)CCN1c1ccccc1. The lowest BCUT2D eigenvalue weighted by atomic mass is 10.2. The molecule has 1 aliphatic heterocycles. The predicted molar refractivity (Wildman–Crippen MR) is 83.9 cm³/mol. The molecule has 7 heteroatoms. The fourth-order valence-electron chi connectivity index (χ4n) is 2.60. The van der Waals surface area contributed by atoms with Crippen LogP contribution in [-0.2, 0) is 4.79 Å². The highest BCUT2D eigenvalue weighted by Crippen LogP contribution is 2.26. The van der Waals surface area contributed by atoms with Crippen molar-refractivity contribution in [2.75, 3.05) is 16.8 Å². The molecule has 23 heavy (non-hydrogen) atoms. The molecule has 1 atom stereocenters. The number of nitro groups is 1. The number of hydrogen-bond donors (Lipinski definition) is 1. The molecular formula is C16H14FN3O3. The van der Waals surface area contributed by atoms with E-state index in [1.807, 2.05) is 30.3 Å². The van der Waals surface area contributed by atoms with E-state index < -0.39 is 16.8 Å². The lowest BCUT2D eigenvalue weighted by Gasteiger charge is -2.17. The molecule has 118 valence electrons. The van der Waals surface area contributed by atoms with Crippen molar-refractivity contribution in [3.05, 3.63) is 64.5 Å². The largest absolute Gasteiger partial charge is 0.371 e. The molecule has 0 saturated carbocycles. The predicted octanol–water partition coefficient (Wildman–Crippen LogP) is 2.95. The second-order valence-electron chi connectivity index (χ2n) is 5.23. The number of nitro benzene ring substituents is 1. The quantitative estimate of drug-likeness (QED) is 0.695. The van der Waals surface area contributed by atoms with Crippen LogP contribution in [0.3, 0.4) is 0 Å². The summed E-state index contributed by atoms with van der Waals surface area (Å²) < 4.78 is 13.9. The molecule has 1 amide bonds. The Hall–Kier alpha value is -2.96. The summed E-state index contributed by atoms with van der Waals surface area (Å²) in [5.74, 6) is -0.890. The minimum Gasteiger partial charge on any atom is -0.371 e. The van der Waals surface area contributed by atoms with Gasteiger partial charge in [0.05, 0.1) is 16.7 Å². The molecule has 2 aromatic rings. The standard InChI is InChI=1S/C16H14FN3O3/c17-13-10-12(20(22)23)6-7-14(13)18-15-8-9-19(16(15)21)11-4-2-1-3-5-11/h1-7,10,15,18H,8-9H2. The molecule has 2 aromatic carbocycles. The van der Waals surface area contributed by atoms with Gasteiger partial charge in [0.15, 0.2) is 5.82 Å². The third-order valence-electron chi connectivity index (χ3n) is 3.77. The first-order chi connectivity index (χ1) is 11.1. The van der Waals surface area contributed by atoms with Crippen LogP contribution in [0.2, 0.25) is 0 Å². The van der Waals surface area contributed by atoms with E-state index in [2.05, 4.69) is 5.32 Å². The second-order valence-corrected chi connectivity index (χ2v) is 5.23. The number of benzene rings is 2. The maximum atomic E-state index is 13.9. The van der Waals surface area contributed by atoms with Crippen molar-refractivity contribution in [1.29, 1.82) is 0 Å². The van der Waals surface area contributed by atoms with Gasteiger partial charge < -0.3 is 10.2 Å². The summed E-state index contributed by atoms with van der Waals surface area (Å²) in [4.78, 5) is 24.0. The van der Waals surface area contributed by atoms with E-state index in [1.54, 1.807) is 4.90 Å². The smallest absolute Gasteiger partial charge is 0.272 e. The number of nitrogens with one attached hydrogen (secondary N) is 1. The van der Waals surface area contributed by atoms with Crippen molar-refractivity contribution in [1.82, 2.24) is 0 Å². The molecule has 1 N–H and O–H groups in total. The summed E-state index contributed by atoms with van der Waals surface area (Å²) in [6.07, 6.45) is 0.532. The van der Waals surface area contributed by atoms with Gasteiger partial charge in [-0.05, 0) is 24.6 Å². The second kappa shape index (κ2) is 6.04. The fourth-order valence-corrected chi connectivity index (χ4v) is 2.60. The van der Waals surface area contributed by atoms with E-state index in [4.69, 9.17) is 0 Å². The van der Waals surface area contributed by atoms with Crippen LogP contribution in [0.5, 0.6) is 0 Å². The van der Waals surface area contributed by atoms with E-state index in [9.17, 15) is 19.3 Å². The first-order valence-corrected chi connectivity index (χ1v) is 7.13. The number of amides is 1. The molecule has 1 saturated heterocycles. The van der Waals surface area contributed by atoms with Crippen molar-refractivity contribution in [2.45, 2.75) is 12.5 Å². The first kappa shape index (κ1) is 15.0. The van der Waals surface area contributed by atoms with Crippen LogP contribution in [0, 0.1) is 15.9 Å². The van der Waals surface area contributed by atoms with E-state index in [1.165, 1.54) is 12.1 Å². The maximum Gasteiger partial charge on any atom is 0.272 e. The molecule has 0 aliphatic carbocycles. The van der Waals surface area contributed by atoms with Crippen LogP contribution in [0.1, 0.15) is 6.42 Å². The van der Waals surface area contributed by atoms with Crippen LogP contribution in [0.25, 0.3) is 0 Å². The molecule has 3 rings (SSSR count). The summed E-state index contributed by atoms with van der Waals surface area (Å²) >= 11 is 0. The molecule has 6 nitrogen and oxygen atoms in total. The van der Waals surface area contributed by atoms with Gasteiger partial charge in [0.1, 0.15) is 6.04 Å². The number of hydrogen-bond acceptors (Lipinski definition) is 4. The van der Waals surface area contributed by atoms with E-state index in [0.29, 0.717) is 13.0 Å². The number of para-hydroxylation sites is 1. The molecule has 1 unspecified atom stereocenters. The van der Waals surface area contributed by atoms with E-state index in [0.717, 1.165) is 11.8 Å². The molecule has 1 heterocycles. The van der Waals surface area contributed by atoms with Crippen LogP contribution in [0.4, 0.5) is 21.5 Å². The van der Waals surface area contributed by atoms with Gasteiger partial charge in [-0.25, -0.2) is 4.39 Å². The zero-order valence-electron chi connectivity index (χ0n) is 12.1. The van der Waals surface area contributed by atoms with E-state index >= 15 is 0 Å². The molecular weight excluding hydrogens is 301 g/mol. The number of non-ortho nitro benzene ring substituents is 1. The summed E-state index contributed by atoms with van der Waals surface area (Å²) in [6, 6.07) is 12.0. The van der Waals surface area contributed by atoms with Crippen molar-refractivity contribution < 1.29 is 14.1 Å². The minimum absolute atomic E-state index is 0.0869. The Labute approximate surface area is 131 Å². The van der Waals surface area contributed by atoms with Gasteiger partial charge in [0.2, 0.25) is 5.91 Å². The van der Waals surface area contributed by atoms with Crippen LogP contribution in [-0.4, -0.2) is 23.4 Å². The molecule has 1 fully saturated rings. The average Bonchev–Trinajstić information content (AvgIpc) is 2.91. The Balaban J connectivity index is 1.75. The summed E-state index contributed by atoms with van der Waals surface area (Å²) in [7, 11) is 0. The topological polar surface area (TPSA) is 75.5 Å². The highest BCUT2D eigenvalue weighted by Gasteiger charge is 2.32. The Bertz CT molecular complexity index is 751. The fraction of sp³-hybridized carbons (Fsp3) is 0.188. The third kappa shape index (κ3) is 2.98. The number of nitrogens with zero attached hydrogens (tertiary/aromatic N) is 2. The maximum absolute atomic E-state index is 13.9. The summed E-state index contributed by atoms with van der Waals surface area (Å²) in [5, 5.41) is 13.5. The Morgan fingerprint density at radius 2 is 1.96 bits per heavy atom. The molecule has 1 aliphatic rings. The number of rotatable bonds is 4. The Kier molecular flexibility index (Phi) is 3.92. The number of carbonyl (C=O) groups is 1. The normalized spacial score (nSPS) is 17.3. The monoisotopic (exact) mass is 315 g/mol.